The first-order valence-electron chi connectivity index (χ1n) is 8.38. The van der Waals surface area contributed by atoms with Gasteiger partial charge in [-0.2, -0.15) is 0 Å². The number of rotatable bonds is 1. The largest absolute Gasteiger partial charge is 0.497 e. The minimum atomic E-state index is 0.664. The lowest BCUT2D eigenvalue weighted by molar-refractivity contribution is 0.0598. The Hall–Kier alpha value is -0.980. The average Bonchev–Trinajstić information content (AvgIpc) is 2.88. The summed E-state index contributed by atoms with van der Waals surface area (Å²) < 4.78 is 5.47. The first kappa shape index (κ1) is 12.7. The quantitative estimate of drug-likeness (QED) is 0.702. The molecule has 0 amide bonds. The third kappa shape index (κ3) is 1.75. The van der Waals surface area contributed by atoms with Crippen LogP contribution in [0.1, 0.15) is 62.5 Å². The standard InChI is InChI=1S/C19H26O/c1-19-10-3-4-18(19)16-8-6-13-5-7-14(20-2)12-17(13)15(16)9-11-19/h5,7,12,15-16,18H,3-4,6,8-11H2,1-2H3/t15-,16+,18-,19-/m0/s1. The second-order valence-corrected chi connectivity index (χ2v) is 7.57. The fraction of sp³-hybridized carbons (Fsp3) is 0.684. The summed E-state index contributed by atoms with van der Waals surface area (Å²) in [7, 11) is 1.79. The van der Waals surface area contributed by atoms with Crippen LogP contribution in [0.3, 0.4) is 0 Å². The van der Waals surface area contributed by atoms with Crippen molar-refractivity contribution in [2.24, 2.45) is 17.3 Å². The monoisotopic (exact) mass is 270 g/mol. The summed E-state index contributed by atoms with van der Waals surface area (Å²) in [5.41, 5.74) is 3.88. The van der Waals surface area contributed by atoms with E-state index in [1.807, 2.05) is 0 Å². The normalized spacial score (nSPS) is 38.8. The third-order valence-corrected chi connectivity index (χ3v) is 6.72. The molecule has 3 aliphatic carbocycles. The molecule has 2 saturated carbocycles. The van der Waals surface area contributed by atoms with Gasteiger partial charge in [-0.05, 0) is 85.0 Å². The number of hydrogen-bond donors (Lipinski definition) is 0. The highest BCUT2D eigenvalue weighted by molar-refractivity contribution is 5.40. The minimum absolute atomic E-state index is 0.664. The van der Waals surface area contributed by atoms with Gasteiger partial charge in [-0.25, -0.2) is 0 Å². The van der Waals surface area contributed by atoms with Crippen LogP contribution in [0.25, 0.3) is 0 Å². The summed E-state index contributed by atoms with van der Waals surface area (Å²) >= 11 is 0. The zero-order valence-electron chi connectivity index (χ0n) is 12.8. The van der Waals surface area contributed by atoms with Crippen LogP contribution in [0, 0.1) is 17.3 Å². The molecular formula is C19H26O. The maximum atomic E-state index is 5.47. The highest BCUT2D eigenvalue weighted by atomic mass is 16.5. The van der Waals surface area contributed by atoms with Gasteiger partial charge in [0.05, 0.1) is 7.11 Å². The Balaban J connectivity index is 1.72. The van der Waals surface area contributed by atoms with Crippen LogP contribution in [-0.2, 0) is 6.42 Å². The minimum Gasteiger partial charge on any atom is -0.497 e. The summed E-state index contributed by atoms with van der Waals surface area (Å²) in [6, 6.07) is 6.79. The Morgan fingerprint density at radius 1 is 1.15 bits per heavy atom. The lowest BCUT2D eigenvalue weighted by Gasteiger charge is -2.49. The average molecular weight is 270 g/mol. The van der Waals surface area contributed by atoms with Crippen molar-refractivity contribution >= 4 is 0 Å². The van der Waals surface area contributed by atoms with Gasteiger partial charge in [0.25, 0.3) is 0 Å². The molecule has 0 spiro atoms. The van der Waals surface area contributed by atoms with Gasteiger partial charge in [-0.3, -0.25) is 0 Å². The second-order valence-electron chi connectivity index (χ2n) is 7.57. The smallest absolute Gasteiger partial charge is 0.119 e. The fourth-order valence-corrected chi connectivity index (χ4v) is 5.66. The van der Waals surface area contributed by atoms with E-state index in [0.717, 1.165) is 23.5 Å². The molecule has 1 aromatic carbocycles. The molecule has 4 rings (SSSR count). The van der Waals surface area contributed by atoms with Gasteiger partial charge >= 0.3 is 0 Å². The molecule has 0 bridgehead atoms. The number of methoxy groups -OCH3 is 1. The fourth-order valence-electron chi connectivity index (χ4n) is 5.66. The number of aryl methyl sites for hydroxylation is 1. The summed E-state index contributed by atoms with van der Waals surface area (Å²) in [4.78, 5) is 0. The molecule has 108 valence electrons. The van der Waals surface area contributed by atoms with Crippen LogP contribution in [-0.4, -0.2) is 7.11 Å². The van der Waals surface area contributed by atoms with Crippen molar-refractivity contribution in [2.75, 3.05) is 7.11 Å². The molecule has 2 fully saturated rings. The lowest BCUT2D eigenvalue weighted by atomic mass is 9.56. The molecule has 0 unspecified atom stereocenters. The molecule has 20 heavy (non-hydrogen) atoms. The zero-order valence-corrected chi connectivity index (χ0v) is 12.8. The molecule has 0 aliphatic heterocycles. The molecule has 0 saturated heterocycles. The predicted octanol–water partition coefficient (Wildman–Crippen LogP) is 4.94. The van der Waals surface area contributed by atoms with Crippen molar-refractivity contribution in [3.05, 3.63) is 29.3 Å². The van der Waals surface area contributed by atoms with Crippen LogP contribution in [0.4, 0.5) is 0 Å². The molecule has 4 atom stereocenters. The lowest BCUT2D eigenvalue weighted by Crippen LogP contribution is -2.39. The van der Waals surface area contributed by atoms with Crippen molar-refractivity contribution in [3.8, 4) is 5.75 Å². The Kier molecular flexibility index (Phi) is 2.87. The summed E-state index contributed by atoms with van der Waals surface area (Å²) in [6.45, 7) is 2.57. The zero-order chi connectivity index (χ0) is 13.7. The molecule has 0 heterocycles. The van der Waals surface area contributed by atoms with Gasteiger partial charge in [0.2, 0.25) is 0 Å². The maximum absolute atomic E-state index is 5.47. The molecule has 0 radical (unpaired) electrons. The number of benzene rings is 1. The van der Waals surface area contributed by atoms with E-state index in [4.69, 9.17) is 4.74 Å². The van der Waals surface area contributed by atoms with Gasteiger partial charge < -0.3 is 4.74 Å². The van der Waals surface area contributed by atoms with Crippen LogP contribution in [0.2, 0.25) is 0 Å². The van der Waals surface area contributed by atoms with E-state index in [1.165, 1.54) is 44.9 Å². The molecule has 0 N–H and O–H groups in total. The van der Waals surface area contributed by atoms with Crippen molar-refractivity contribution in [3.63, 3.8) is 0 Å². The van der Waals surface area contributed by atoms with Gasteiger partial charge in [0.15, 0.2) is 0 Å². The summed E-state index contributed by atoms with van der Waals surface area (Å²) in [5.74, 6) is 3.78. The van der Waals surface area contributed by atoms with Crippen molar-refractivity contribution in [2.45, 2.75) is 57.8 Å². The Morgan fingerprint density at radius 2 is 2.05 bits per heavy atom. The van der Waals surface area contributed by atoms with Crippen LogP contribution < -0.4 is 4.74 Å². The van der Waals surface area contributed by atoms with Crippen molar-refractivity contribution in [1.29, 1.82) is 0 Å². The van der Waals surface area contributed by atoms with Gasteiger partial charge in [-0.1, -0.05) is 19.4 Å². The number of fused-ring (bicyclic) bond motifs is 5. The van der Waals surface area contributed by atoms with Crippen LogP contribution in [0.15, 0.2) is 18.2 Å². The van der Waals surface area contributed by atoms with Crippen molar-refractivity contribution < 1.29 is 4.74 Å². The number of hydrogen-bond acceptors (Lipinski definition) is 1. The van der Waals surface area contributed by atoms with Gasteiger partial charge in [-0.15, -0.1) is 0 Å². The van der Waals surface area contributed by atoms with Crippen LogP contribution in [0.5, 0.6) is 5.75 Å². The van der Waals surface area contributed by atoms with Gasteiger partial charge in [0.1, 0.15) is 5.75 Å². The summed E-state index contributed by atoms with van der Waals surface area (Å²) in [5, 5.41) is 0. The Labute approximate surface area is 122 Å². The predicted molar refractivity (Wildman–Crippen MR) is 82.2 cm³/mol. The van der Waals surface area contributed by atoms with E-state index in [-0.39, 0.29) is 0 Å². The maximum Gasteiger partial charge on any atom is 0.119 e. The molecule has 0 aromatic heterocycles. The van der Waals surface area contributed by atoms with Crippen LogP contribution >= 0.6 is 0 Å². The number of ether oxygens (including phenoxy) is 1. The highest BCUT2D eigenvalue weighted by Crippen LogP contribution is 2.60. The van der Waals surface area contributed by atoms with E-state index in [0.29, 0.717) is 5.41 Å². The second kappa shape index (κ2) is 4.51. The van der Waals surface area contributed by atoms with E-state index in [1.54, 1.807) is 18.2 Å². The molecule has 3 aliphatic rings. The van der Waals surface area contributed by atoms with E-state index >= 15 is 0 Å². The highest BCUT2D eigenvalue weighted by Gasteiger charge is 2.50. The first-order chi connectivity index (χ1) is 9.71. The third-order valence-electron chi connectivity index (χ3n) is 6.72. The SMILES string of the molecule is COc1ccc2c(c1)[C@H]1CC[C@]3(C)CCC[C@H]3[C@@H]1CC2. The van der Waals surface area contributed by atoms with Crippen molar-refractivity contribution in [1.82, 2.24) is 0 Å². The van der Waals surface area contributed by atoms with Gasteiger partial charge in [0, 0.05) is 0 Å². The Bertz CT molecular complexity index is 520. The topological polar surface area (TPSA) is 9.23 Å². The Morgan fingerprint density at radius 3 is 2.90 bits per heavy atom. The molecule has 1 aromatic rings. The summed E-state index contributed by atoms with van der Waals surface area (Å²) in [6.07, 6.45) is 9.98. The first-order valence-corrected chi connectivity index (χ1v) is 8.38. The van der Waals surface area contributed by atoms with E-state index in [9.17, 15) is 0 Å². The molecule has 1 heteroatoms. The van der Waals surface area contributed by atoms with E-state index in [2.05, 4.69) is 25.1 Å². The van der Waals surface area contributed by atoms with E-state index < -0.39 is 0 Å². The molecule has 1 nitrogen and oxygen atoms in total. The molecular weight excluding hydrogens is 244 g/mol.